The number of pyridine rings is 2. The third-order valence-electron chi connectivity index (χ3n) is 7.96. The van der Waals surface area contributed by atoms with Gasteiger partial charge in [0.15, 0.2) is 17.1 Å². The highest BCUT2D eigenvalue weighted by Gasteiger charge is 2.35. The van der Waals surface area contributed by atoms with Crippen molar-refractivity contribution in [3.63, 3.8) is 0 Å². The first-order valence-electron chi connectivity index (χ1n) is 14.7. The van der Waals surface area contributed by atoms with Gasteiger partial charge >= 0.3 is 6.18 Å². The Hall–Kier alpha value is -4.37. The second kappa shape index (κ2) is 13.1. The summed E-state index contributed by atoms with van der Waals surface area (Å²) in [4.78, 5) is 26.4. The molecule has 1 N–H and O–H groups in total. The smallest absolute Gasteiger partial charge is 0.433 e. The fourth-order valence-corrected chi connectivity index (χ4v) is 5.82. The Balaban J connectivity index is 1.40. The van der Waals surface area contributed by atoms with Crippen LogP contribution in [0.2, 0.25) is 0 Å². The molecule has 2 aromatic heterocycles. The van der Waals surface area contributed by atoms with E-state index in [1.807, 2.05) is 57.3 Å². The van der Waals surface area contributed by atoms with Crippen molar-refractivity contribution in [2.75, 3.05) is 38.2 Å². The molecule has 2 aliphatic heterocycles. The minimum absolute atomic E-state index is 0.0183. The molecule has 3 atom stereocenters. The molecule has 0 saturated carbocycles. The second-order valence-corrected chi connectivity index (χ2v) is 11.2. The number of likely N-dealkylation sites (N-methyl/N-ethyl adjacent to an activating group) is 1. The lowest BCUT2D eigenvalue weighted by molar-refractivity contribution is -0.141. The largest absolute Gasteiger partial charge is 0.493 e. The van der Waals surface area contributed by atoms with Crippen LogP contribution in [0.25, 0.3) is 11.3 Å². The number of nitriles is 1. The fraction of sp³-hybridized carbons (Fsp3) is 0.438. The van der Waals surface area contributed by atoms with Gasteiger partial charge in [0.25, 0.3) is 5.91 Å². The van der Waals surface area contributed by atoms with E-state index in [4.69, 9.17) is 14.5 Å². The van der Waals surface area contributed by atoms with Gasteiger partial charge in [0.05, 0.1) is 18.0 Å². The summed E-state index contributed by atoms with van der Waals surface area (Å²) < 4.78 is 51.1. The number of aromatic nitrogens is 2. The minimum Gasteiger partial charge on any atom is -0.493 e. The van der Waals surface area contributed by atoms with Gasteiger partial charge in [0.2, 0.25) is 0 Å². The summed E-state index contributed by atoms with van der Waals surface area (Å²) in [7, 11) is 2.02. The van der Waals surface area contributed by atoms with Crippen molar-refractivity contribution in [3.05, 3.63) is 65.6 Å². The predicted octanol–water partition coefficient (Wildman–Crippen LogP) is 5.30. The van der Waals surface area contributed by atoms with Crippen molar-refractivity contribution in [1.82, 2.24) is 20.2 Å². The number of para-hydroxylation sites is 1. The molecule has 5 rings (SSSR count). The van der Waals surface area contributed by atoms with Gasteiger partial charge in [-0.2, -0.15) is 18.4 Å². The van der Waals surface area contributed by atoms with E-state index in [1.165, 1.54) is 0 Å². The molecule has 2 saturated heterocycles. The maximum Gasteiger partial charge on any atom is 0.433 e. The van der Waals surface area contributed by atoms with Gasteiger partial charge < -0.3 is 24.6 Å². The number of hydrogen-bond acceptors (Lipinski definition) is 8. The van der Waals surface area contributed by atoms with E-state index in [-0.39, 0.29) is 29.8 Å². The third kappa shape index (κ3) is 6.89. The molecule has 1 amide bonds. The molecule has 0 unspecified atom stereocenters. The van der Waals surface area contributed by atoms with Crippen molar-refractivity contribution >= 4 is 11.6 Å². The van der Waals surface area contributed by atoms with Gasteiger partial charge in [-0.25, -0.2) is 9.97 Å². The van der Waals surface area contributed by atoms with Crippen molar-refractivity contribution in [2.24, 2.45) is 0 Å². The standard InChI is InChI=1S/C32H35F3N6O3/c1-4-43-27-8-6-5-7-23(27)24-9-10-26(30(39-24)31(42)37-21-13-15-40(3)19-21)41-16-14-22(17-20(41)2)44-28-11-12-29(32(33,34)35)38-25(28)18-36/h5-12,20-22H,4,13-17,19H2,1-3H3,(H,37,42)/t20-,21+,22-/m0/s1. The van der Waals surface area contributed by atoms with E-state index in [2.05, 4.69) is 20.1 Å². The van der Waals surface area contributed by atoms with Crippen LogP contribution < -0.4 is 19.7 Å². The van der Waals surface area contributed by atoms with Crippen LogP contribution in [0.3, 0.4) is 0 Å². The number of likely N-dealkylation sites (tertiary alicyclic amines) is 1. The molecule has 2 fully saturated rings. The van der Waals surface area contributed by atoms with Crippen LogP contribution in [-0.2, 0) is 6.18 Å². The average Bonchev–Trinajstić information content (AvgIpc) is 3.41. The monoisotopic (exact) mass is 608 g/mol. The first-order valence-corrected chi connectivity index (χ1v) is 14.7. The number of benzene rings is 1. The lowest BCUT2D eigenvalue weighted by Gasteiger charge is -2.39. The second-order valence-electron chi connectivity index (χ2n) is 11.2. The van der Waals surface area contributed by atoms with Crippen LogP contribution in [0.4, 0.5) is 18.9 Å². The molecule has 4 heterocycles. The highest BCUT2D eigenvalue weighted by atomic mass is 19.4. The molecular formula is C32H35F3N6O3. The molecule has 0 radical (unpaired) electrons. The Kier molecular flexibility index (Phi) is 9.25. The Morgan fingerprint density at radius 3 is 2.57 bits per heavy atom. The zero-order valence-electron chi connectivity index (χ0n) is 24.9. The molecule has 1 aromatic carbocycles. The quantitative estimate of drug-likeness (QED) is 0.368. The van der Waals surface area contributed by atoms with Crippen LogP contribution in [0.15, 0.2) is 48.5 Å². The molecular weight excluding hydrogens is 573 g/mol. The van der Waals surface area contributed by atoms with Crippen LogP contribution in [0, 0.1) is 11.3 Å². The molecule has 232 valence electrons. The molecule has 3 aromatic rings. The molecule has 2 aliphatic rings. The summed E-state index contributed by atoms with van der Waals surface area (Å²) >= 11 is 0. The number of piperidine rings is 1. The summed E-state index contributed by atoms with van der Waals surface area (Å²) in [6, 6.07) is 15.0. The van der Waals surface area contributed by atoms with Crippen molar-refractivity contribution < 1.29 is 27.4 Å². The van der Waals surface area contributed by atoms with E-state index >= 15 is 0 Å². The van der Waals surface area contributed by atoms with E-state index in [0.717, 1.165) is 37.2 Å². The molecule has 12 heteroatoms. The van der Waals surface area contributed by atoms with Gasteiger partial charge in [-0.15, -0.1) is 0 Å². The van der Waals surface area contributed by atoms with E-state index in [1.54, 1.807) is 6.07 Å². The zero-order chi connectivity index (χ0) is 31.4. The molecule has 0 aliphatic carbocycles. The first kappa shape index (κ1) is 31.1. The first-order chi connectivity index (χ1) is 21.1. The number of alkyl halides is 3. The number of nitrogens with one attached hydrogen (secondary N) is 1. The number of ether oxygens (including phenoxy) is 2. The number of nitrogens with zero attached hydrogens (tertiary/aromatic N) is 5. The summed E-state index contributed by atoms with van der Waals surface area (Å²) in [6.07, 6.45) is -3.14. The number of carbonyl (C=O) groups is 1. The van der Waals surface area contributed by atoms with E-state index < -0.39 is 17.6 Å². The Morgan fingerprint density at radius 2 is 1.89 bits per heavy atom. The van der Waals surface area contributed by atoms with Crippen LogP contribution in [0.1, 0.15) is 55.0 Å². The molecule has 44 heavy (non-hydrogen) atoms. The van der Waals surface area contributed by atoms with E-state index in [9.17, 15) is 23.2 Å². The summed E-state index contributed by atoms with van der Waals surface area (Å²) in [5.74, 6) is 0.447. The SMILES string of the molecule is CCOc1ccccc1-c1ccc(N2CC[C@H](Oc3ccc(C(F)(F)F)nc3C#N)C[C@@H]2C)c(C(=O)N[C@@H]2CCN(C)C2)n1. The highest BCUT2D eigenvalue weighted by Crippen LogP contribution is 2.35. The van der Waals surface area contributed by atoms with Gasteiger partial charge in [0, 0.05) is 43.6 Å². The Bertz CT molecular complexity index is 1540. The number of anilines is 1. The van der Waals surface area contributed by atoms with E-state index in [0.29, 0.717) is 48.8 Å². The lowest BCUT2D eigenvalue weighted by Crippen LogP contribution is -2.46. The van der Waals surface area contributed by atoms with Crippen LogP contribution >= 0.6 is 0 Å². The van der Waals surface area contributed by atoms with Gasteiger partial charge in [-0.05, 0) is 70.3 Å². The number of carbonyl (C=O) groups excluding carboxylic acids is 1. The Labute approximate surface area is 254 Å². The van der Waals surface area contributed by atoms with Crippen molar-refractivity contribution in [1.29, 1.82) is 5.26 Å². The van der Waals surface area contributed by atoms with Crippen molar-refractivity contribution in [2.45, 2.75) is 57.5 Å². The fourth-order valence-electron chi connectivity index (χ4n) is 5.82. The maximum absolute atomic E-state index is 13.8. The highest BCUT2D eigenvalue weighted by molar-refractivity contribution is 5.99. The summed E-state index contributed by atoms with van der Waals surface area (Å²) in [5, 5.41) is 12.6. The average molecular weight is 609 g/mol. The lowest BCUT2D eigenvalue weighted by atomic mass is 9.98. The Morgan fingerprint density at radius 1 is 1.09 bits per heavy atom. The number of amides is 1. The molecule has 0 bridgehead atoms. The summed E-state index contributed by atoms with van der Waals surface area (Å²) in [6.45, 7) is 6.57. The topological polar surface area (TPSA) is 104 Å². The number of hydrogen-bond donors (Lipinski definition) is 1. The van der Waals surface area contributed by atoms with Gasteiger partial charge in [-0.3, -0.25) is 4.79 Å². The third-order valence-corrected chi connectivity index (χ3v) is 7.96. The molecule has 9 nitrogen and oxygen atoms in total. The maximum atomic E-state index is 13.8. The van der Waals surface area contributed by atoms with Crippen molar-refractivity contribution in [3.8, 4) is 28.8 Å². The van der Waals surface area contributed by atoms with Gasteiger partial charge in [0.1, 0.15) is 23.6 Å². The normalized spacial score (nSPS) is 20.7. The number of rotatable bonds is 8. The van der Waals surface area contributed by atoms with Crippen LogP contribution in [0.5, 0.6) is 11.5 Å². The van der Waals surface area contributed by atoms with Crippen LogP contribution in [-0.4, -0.2) is 72.3 Å². The predicted molar refractivity (Wildman–Crippen MR) is 159 cm³/mol. The summed E-state index contributed by atoms with van der Waals surface area (Å²) in [5.41, 5.74) is 0.864. The van der Waals surface area contributed by atoms with Gasteiger partial charge in [-0.1, -0.05) is 12.1 Å². The number of halogens is 3. The minimum atomic E-state index is -4.66. The zero-order valence-corrected chi connectivity index (χ0v) is 24.9. The molecule has 0 spiro atoms.